The SMILES string of the molecule is CC(=O)NCCc1csc(C2CCCN(C(=O)/C=C/c3cccc(Cl)c3)C2)n1. The lowest BCUT2D eigenvalue weighted by atomic mass is 9.98. The third-order valence-electron chi connectivity index (χ3n) is 4.67. The summed E-state index contributed by atoms with van der Waals surface area (Å²) in [6.45, 7) is 3.58. The molecule has 3 rings (SSSR count). The Morgan fingerprint density at radius 1 is 1.43 bits per heavy atom. The van der Waals surface area contributed by atoms with Crippen LogP contribution < -0.4 is 5.32 Å². The number of nitrogens with one attached hydrogen (secondary N) is 1. The van der Waals surface area contributed by atoms with Crippen LogP contribution in [0.2, 0.25) is 5.02 Å². The number of nitrogens with zero attached hydrogens (tertiary/aromatic N) is 2. The Kier molecular flexibility index (Phi) is 7.23. The maximum absolute atomic E-state index is 12.6. The second-order valence-corrected chi connectivity index (χ2v) is 8.25. The second kappa shape index (κ2) is 9.85. The topological polar surface area (TPSA) is 62.3 Å². The van der Waals surface area contributed by atoms with Gasteiger partial charge in [-0.1, -0.05) is 23.7 Å². The number of rotatable bonds is 6. The molecule has 1 aromatic heterocycles. The van der Waals surface area contributed by atoms with E-state index < -0.39 is 0 Å². The third-order valence-corrected chi connectivity index (χ3v) is 5.97. The number of piperidine rings is 1. The third kappa shape index (κ3) is 5.91. The Hall–Kier alpha value is -2.18. The summed E-state index contributed by atoms with van der Waals surface area (Å²) in [7, 11) is 0. The molecule has 1 aromatic carbocycles. The van der Waals surface area contributed by atoms with E-state index in [4.69, 9.17) is 16.6 Å². The lowest BCUT2D eigenvalue weighted by molar-refractivity contribution is -0.127. The standard InChI is InChI=1S/C21H24ClN3O2S/c1-15(26)23-10-9-19-14-28-21(24-19)17-5-3-11-25(13-17)20(27)8-7-16-4-2-6-18(22)12-16/h2,4,6-8,12,14,17H,3,5,9-11,13H2,1H3,(H,23,26)/b8-7+. The van der Waals surface area contributed by atoms with E-state index in [1.165, 1.54) is 6.92 Å². The van der Waals surface area contributed by atoms with Crippen molar-refractivity contribution in [1.82, 2.24) is 15.2 Å². The maximum atomic E-state index is 12.6. The lowest BCUT2D eigenvalue weighted by Crippen LogP contribution is -2.38. The van der Waals surface area contributed by atoms with Gasteiger partial charge in [0.2, 0.25) is 11.8 Å². The highest BCUT2D eigenvalue weighted by Gasteiger charge is 2.25. The van der Waals surface area contributed by atoms with E-state index in [0.29, 0.717) is 18.1 Å². The van der Waals surface area contributed by atoms with Crippen LogP contribution >= 0.6 is 22.9 Å². The van der Waals surface area contributed by atoms with Gasteiger partial charge in [-0.25, -0.2) is 4.98 Å². The summed E-state index contributed by atoms with van der Waals surface area (Å²) in [6, 6.07) is 7.44. The first-order valence-electron chi connectivity index (χ1n) is 9.42. The Labute approximate surface area is 174 Å². The largest absolute Gasteiger partial charge is 0.356 e. The Bertz CT molecular complexity index is 865. The molecule has 1 unspecified atom stereocenters. The number of aromatic nitrogens is 1. The normalized spacial score (nSPS) is 17.1. The first-order chi connectivity index (χ1) is 13.5. The molecular formula is C21H24ClN3O2S. The first kappa shape index (κ1) is 20.6. The molecule has 7 heteroatoms. The van der Waals surface area contributed by atoms with Gasteiger partial charge < -0.3 is 10.2 Å². The van der Waals surface area contributed by atoms with Crippen LogP contribution in [0.3, 0.4) is 0 Å². The van der Waals surface area contributed by atoms with E-state index in [0.717, 1.165) is 42.1 Å². The van der Waals surface area contributed by atoms with Gasteiger partial charge in [0.15, 0.2) is 0 Å². The highest BCUT2D eigenvalue weighted by molar-refractivity contribution is 7.09. The molecule has 1 N–H and O–H groups in total. The molecule has 5 nitrogen and oxygen atoms in total. The minimum Gasteiger partial charge on any atom is -0.356 e. The molecule has 1 saturated heterocycles. The first-order valence-corrected chi connectivity index (χ1v) is 10.7. The molecule has 1 aliphatic heterocycles. The Balaban J connectivity index is 1.57. The molecule has 0 bridgehead atoms. The predicted octanol–water partition coefficient (Wildman–Crippen LogP) is 3.89. The van der Waals surface area contributed by atoms with Gasteiger partial charge in [0, 0.05) is 55.4 Å². The minimum atomic E-state index is -0.0253. The summed E-state index contributed by atoms with van der Waals surface area (Å²) in [6.07, 6.45) is 6.17. The number of carbonyl (C=O) groups is 2. The van der Waals surface area contributed by atoms with E-state index in [2.05, 4.69) is 10.7 Å². The second-order valence-electron chi connectivity index (χ2n) is 6.92. The number of carbonyl (C=O) groups excluding carboxylic acids is 2. The van der Waals surface area contributed by atoms with Gasteiger partial charge in [-0.15, -0.1) is 11.3 Å². The molecule has 2 aromatic rings. The molecule has 2 amide bonds. The number of amides is 2. The molecule has 2 heterocycles. The van der Waals surface area contributed by atoms with Crippen molar-refractivity contribution in [3.63, 3.8) is 0 Å². The molecule has 1 atom stereocenters. The number of halogens is 1. The molecule has 0 spiro atoms. The number of benzene rings is 1. The minimum absolute atomic E-state index is 0.0205. The van der Waals surface area contributed by atoms with Crippen molar-refractivity contribution in [2.45, 2.75) is 32.1 Å². The molecule has 0 radical (unpaired) electrons. The molecule has 0 saturated carbocycles. The van der Waals surface area contributed by atoms with Crippen LogP contribution in [-0.2, 0) is 16.0 Å². The summed E-state index contributed by atoms with van der Waals surface area (Å²) in [4.78, 5) is 30.2. The van der Waals surface area contributed by atoms with Gasteiger partial charge in [-0.2, -0.15) is 0 Å². The van der Waals surface area contributed by atoms with Crippen molar-refractivity contribution >= 4 is 40.8 Å². The summed E-state index contributed by atoms with van der Waals surface area (Å²) < 4.78 is 0. The molecule has 148 valence electrons. The lowest BCUT2D eigenvalue weighted by Gasteiger charge is -2.31. The predicted molar refractivity (Wildman–Crippen MR) is 114 cm³/mol. The van der Waals surface area contributed by atoms with Crippen molar-refractivity contribution in [3.8, 4) is 0 Å². The number of thiazole rings is 1. The van der Waals surface area contributed by atoms with Gasteiger partial charge >= 0.3 is 0 Å². The highest BCUT2D eigenvalue weighted by Crippen LogP contribution is 2.29. The van der Waals surface area contributed by atoms with E-state index in [-0.39, 0.29) is 17.7 Å². The van der Waals surface area contributed by atoms with Gasteiger partial charge in [0.1, 0.15) is 0 Å². The average molecular weight is 418 g/mol. The van der Waals surface area contributed by atoms with Crippen LogP contribution in [0.25, 0.3) is 6.08 Å². The Morgan fingerprint density at radius 3 is 3.07 bits per heavy atom. The fourth-order valence-electron chi connectivity index (χ4n) is 3.25. The number of hydrogen-bond donors (Lipinski definition) is 1. The fraction of sp³-hybridized carbons (Fsp3) is 0.381. The van der Waals surface area contributed by atoms with Crippen molar-refractivity contribution in [1.29, 1.82) is 0 Å². The summed E-state index contributed by atoms with van der Waals surface area (Å²) >= 11 is 7.64. The highest BCUT2D eigenvalue weighted by atomic mass is 35.5. The monoisotopic (exact) mass is 417 g/mol. The van der Waals surface area contributed by atoms with Gasteiger partial charge in [-0.3, -0.25) is 9.59 Å². The van der Waals surface area contributed by atoms with Gasteiger partial charge in [0.25, 0.3) is 0 Å². The zero-order valence-corrected chi connectivity index (χ0v) is 17.4. The van der Waals surface area contributed by atoms with Crippen LogP contribution in [-0.4, -0.2) is 41.3 Å². The van der Waals surface area contributed by atoms with E-state index in [9.17, 15) is 9.59 Å². The smallest absolute Gasteiger partial charge is 0.246 e. The summed E-state index contributed by atoms with van der Waals surface area (Å²) in [5.41, 5.74) is 1.91. The van der Waals surface area contributed by atoms with Crippen LogP contribution in [0, 0.1) is 0 Å². The number of likely N-dealkylation sites (tertiary alicyclic amines) is 1. The van der Waals surface area contributed by atoms with Crippen LogP contribution in [0.15, 0.2) is 35.7 Å². The Morgan fingerprint density at radius 2 is 2.29 bits per heavy atom. The van der Waals surface area contributed by atoms with Crippen molar-refractivity contribution in [3.05, 3.63) is 57.0 Å². The average Bonchev–Trinajstić information content (AvgIpc) is 3.15. The van der Waals surface area contributed by atoms with Crippen LogP contribution in [0.1, 0.15) is 41.9 Å². The van der Waals surface area contributed by atoms with Crippen LogP contribution in [0.5, 0.6) is 0 Å². The molecule has 0 aliphatic carbocycles. The molecule has 1 aliphatic rings. The van der Waals surface area contributed by atoms with Gasteiger partial charge in [-0.05, 0) is 36.6 Å². The van der Waals surface area contributed by atoms with E-state index in [1.54, 1.807) is 23.5 Å². The zero-order chi connectivity index (χ0) is 19.9. The fourth-order valence-corrected chi connectivity index (χ4v) is 4.43. The van der Waals surface area contributed by atoms with E-state index in [1.807, 2.05) is 29.2 Å². The molecule has 1 fully saturated rings. The quantitative estimate of drug-likeness (QED) is 0.725. The van der Waals surface area contributed by atoms with Crippen molar-refractivity contribution < 1.29 is 9.59 Å². The summed E-state index contributed by atoms with van der Waals surface area (Å²) in [5, 5.41) is 6.58. The number of hydrogen-bond acceptors (Lipinski definition) is 4. The summed E-state index contributed by atoms with van der Waals surface area (Å²) in [5.74, 6) is 0.270. The van der Waals surface area contributed by atoms with Crippen molar-refractivity contribution in [2.75, 3.05) is 19.6 Å². The maximum Gasteiger partial charge on any atom is 0.246 e. The molecular weight excluding hydrogens is 394 g/mol. The zero-order valence-electron chi connectivity index (χ0n) is 15.9. The molecule has 28 heavy (non-hydrogen) atoms. The van der Waals surface area contributed by atoms with Crippen LogP contribution in [0.4, 0.5) is 0 Å². The van der Waals surface area contributed by atoms with Crippen molar-refractivity contribution in [2.24, 2.45) is 0 Å². The van der Waals surface area contributed by atoms with E-state index >= 15 is 0 Å². The van der Waals surface area contributed by atoms with Gasteiger partial charge in [0.05, 0.1) is 10.7 Å².